The number of hydrogen-bond donors (Lipinski definition) is 1. The van der Waals surface area contributed by atoms with Gasteiger partial charge in [-0.3, -0.25) is 4.79 Å². The van der Waals surface area contributed by atoms with Gasteiger partial charge in [0.1, 0.15) is 5.75 Å². The molecule has 1 N–H and O–H groups in total. The molecule has 0 saturated heterocycles. The Morgan fingerprint density at radius 1 is 1.08 bits per heavy atom. The predicted molar refractivity (Wildman–Crippen MR) is 103 cm³/mol. The van der Waals surface area contributed by atoms with Gasteiger partial charge >= 0.3 is 0 Å². The fourth-order valence-corrected chi connectivity index (χ4v) is 2.86. The number of nitrogens with one attached hydrogen (secondary N) is 1. The number of carbonyl (C=O) groups excluding carboxylic acids is 1. The molecule has 25 heavy (non-hydrogen) atoms. The van der Waals surface area contributed by atoms with Gasteiger partial charge in [-0.05, 0) is 48.9 Å². The van der Waals surface area contributed by atoms with Crippen LogP contribution < -0.4 is 10.1 Å². The van der Waals surface area contributed by atoms with Crippen molar-refractivity contribution in [2.24, 2.45) is 0 Å². The summed E-state index contributed by atoms with van der Waals surface area (Å²) in [6.07, 6.45) is 0.293. The molecule has 2 atom stereocenters. The minimum absolute atomic E-state index is 0.00169. The molecule has 0 fully saturated rings. The Balaban J connectivity index is 2.09. The van der Waals surface area contributed by atoms with Crippen molar-refractivity contribution in [3.8, 4) is 5.75 Å². The number of benzene rings is 2. The second kappa shape index (κ2) is 8.70. The average molecular weight is 339 g/mol. The molecule has 0 radical (unpaired) electrons. The van der Waals surface area contributed by atoms with E-state index in [-0.39, 0.29) is 11.9 Å². The van der Waals surface area contributed by atoms with Crippen LogP contribution >= 0.6 is 0 Å². The summed E-state index contributed by atoms with van der Waals surface area (Å²) in [5, 5.41) is 3.10. The van der Waals surface area contributed by atoms with Crippen molar-refractivity contribution in [3.63, 3.8) is 0 Å². The first-order valence-corrected chi connectivity index (χ1v) is 9.04. The zero-order valence-corrected chi connectivity index (χ0v) is 15.9. The third-order valence-corrected chi connectivity index (χ3v) is 4.39. The van der Waals surface area contributed by atoms with Crippen molar-refractivity contribution in [3.05, 3.63) is 65.2 Å². The summed E-state index contributed by atoms with van der Waals surface area (Å²) in [6, 6.07) is 16.2. The standard InChI is InChI=1S/C22H29NO2/c1-6-20(18-10-8-7-9-11-18)23-22(24)17(5)25-21-14-16(4)12-13-19(21)15(2)3/h7-15,17,20H,6H2,1-5H3,(H,23,24)/t17-,20-/m1/s1. The van der Waals surface area contributed by atoms with Crippen LogP contribution in [0.15, 0.2) is 48.5 Å². The Morgan fingerprint density at radius 2 is 1.76 bits per heavy atom. The van der Waals surface area contributed by atoms with E-state index in [0.29, 0.717) is 5.92 Å². The number of hydrogen-bond acceptors (Lipinski definition) is 2. The normalized spacial score (nSPS) is 13.4. The Kier molecular flexibility index (Phi) is 6.63. The summed E-state index contributed by atoms with van der Waals surface area (Å²) >= 11 is 0. The lowest BCUT2D eigenvalue weighted by Crippen LogP contribution is -2.38. The first-order valence-electron chi connectivity index (χ1n) is 9.04. The van der Waals surface area contributed by atoms with Crippen LogP contribution in [-0.2, 0) is 4.79 Å². The maximum atomic E-state index is 12.6. The van der Waals surface area contributed by atoms with Gasteiger partial charge < -0.3 is 10.1 Å². The summed E-state index contributed by atoms with van der Waals surface area (Å²) in [5.74, 6) is 1.05. The van der Waals surface area contributed by atoms with Crippen molar-refractivity contribution in [1.29, 1.82) is 0 Å². The molecule has 2 aromatic rings. The van der Waals surface area contributed by atoms with E-state index in [1.807, 2.05) is 43.3 Å². The van der Waals surface area contributed by atoms with Gasteiger partial charge in [0, 0.05) is 0 Å². The van der Waals surface area contributed by atoms with Gasteiger partial charge in [0.2, 0.25) is 0 Å². The zero-order valence-electron chi connectivity index (χ0n) is 15.9. The van der Waals surface area contributed by atoms with E-state index >= 15 is 0 Å². The summed E-state index contributed by atoms with van der Waals surface area (Å²) in [5.41, 5.74) is 3.37. The van der Waals surface area contributed by atoms with E-state index in [4.69, 9.17) is 4.74 Å². The van der Waals surface area contributed by atoms with E-state index < -0.39 is 6.10 Å². The Bertz CT molecular complexity index is 694. The molecule has 0 saturated carbocycles. The topological polar surface area (TPSA) is 38.3 Å². The van der Waals surface area contributed by atoms with Crippen LogP contribution in [-0.4, -0.2) is 12.0 Å². The Labute approximate surface area is 151 Å². The SMILES string of the molecule is CC[C@@H](NC(=O)[C@@H](C)Oc1cc(C)ccc1C(C)C)c1ccccc1. The minimum atomic E-state index is -0.544. The maximum Gasteiger partial charge on any atom is 0.261 e. The van der Waals surface area contributed by atoms with Crippen molar-refractivity contribution in [2.75, 3.05) is 0 Å². The first kappa shape index (κ1) is 19.0. The summed E-state index contributed by atoms with van der Waals surface area (Å²) in [7, 11) is 0. The van der Waals surface area contributed by atoms with Crippen LogP contribution in [0.5, 0.6) is 5.75 Å². The molecule has 0 aliphatic rings. The molecule has 0 aliphatic carbocycles. The lowest BCUT2D eigenvalue weighted by atomic mass is 10.0. The number of aryl methyl sites for hydroxylation is 1. The second-order valence-electron chi connectivity index (χ2n) is 6.84. The van der Waals surface area contributed by atoms with Crippen LogP contribution in [0.2, 0.25) is 0 Å². The highest BCUT2D eigenvalue weighted by Gasteiger charge is 2.20. The zero-order chi connectivity index (χ0) is 18.4. The quantitative estimate of drug-likeness (QED) is 0.757. The second-order valence-corrected chi connectivity index (χ2v) is 6.84. The van der Waals surface area contributed by atoms with Crippen LogP contribution in [0.4, 0.5) is 0 Å². The molecule has 0 spiro atoms. The van der Waals surface area contributed by atoms with Gasteiger partial charge in [0.25, 0.3) is 5.91 Å². The van der Waals surface area contributed by atoms with Crippen LogP contribution in [0, 0.1) is 6.92 Å². The number of rotatable bonds is 7. The number of amides is 1. The lowest BCUT2D eigenvalue weighted by Gasteiger charge is -2.22. The van der Waals surface area contributed by atoms with Gasteiger partial charge in [0.15, 0.2) is 6.10 Å². The predicted octanol–water partition coefficient (Wildman–Crippen LogP) is 5.15. The summed E-state index contributed by atoms with van der Waals surface area (Å²) < 4.78 is 6.02. The molecule has 0 unspecified atom stereocenters. The molecule has 0 aromatic heterocycles. The summed E-state index contributed by atoms with van der Waals surface area (Å²) in [4.78, 5) is 12.6. The maximum absolute atomic E-state index is 12.6. The molecule has 0 aliphatic heterocycles. The minimum Gasteiger partial charge on any atom is -0.481 e. The van der Waals surface area contributed by atoms with E-state index in [1.165, 1.54) is 0 Å². The van der Waals surface area contributed by atoms with E-state index in [2.05, 4.69) is 38.2 Å². The van der Waals surface area contributed by atoms with Gasteiger partial charge in [-0.2, -0.15) is 0 Å². The van der Waals surface area contributed by atoms with Crippen molar-refractivity contribution in [1.82, 2.24) is 5.32 Å². The highest BCUT2D eigenvalue weighted by molar-refractivity contribution is 5.81. The first-order chi connectivity index (χ1) is 11.9. The molecule has 0 heterocycles. The molecular formula is C22H29NO2. The monoisotopic (exact) mass is 339 g/mol. The molecule has 134 valence electrons. The largest absolute Gasteiger partial charge is 0.481 e. The summed E-state index contributed by atoms with van der Waals surface area (Å²) in [6.45, 7) is 10.2. The highest BCUT2D eigenvalue weighted by Crippen LogP contribution is 2.28. The molecule has 2 rings (SSSR count). The van der Waals surface area contributed by atoms with Gasteiger partial charge in [0.05, 0.1) is 6.04 Å². The Hall–Kier alpha value is -2.29. The van der Waals surface area contributed by atoms with Crippen LogP contribution in [0.25, 0.3) is 0 Å². The van der Waals surface area contributed by atoms with Gasteiger partial charge in [-0.1, -0.05) is 63.2 Å². The molecule has 3 nitrogen and oxygen atoms in total. The highest BCUT2D eigenvalue weighted by atomic mass is 16.5. The van der Waals surface area contributed by atoms with Gasteiger partial charge in [-0.25, -0.2) is 0 Å². The van der Waals surface area contributed by atoms with E-state index in [0.717, 1.165) is 28.9 Å². The third-order valence-electron chi connectivity index (χ3n) is 4.39. The van der Waals surface area contributed by atoms with Crippen molar-refractivity contribution in [2.45, 2.75) is 59.1 Å². The Morgan fingerprint density at radius 3 is 2.36 bits per heavy atom. The van der Waals surface area contributed by atoms with Crippen LogP contribution in [0.1, 0.15) is 62.8 Å². The lowest BCUT2D eigenvalue weighted by molar-refractivity contribution is -0.128. The molecule has 2 aromatic carbocycles. The number of carbonyl (C=O) groups is 1. The van der Waals surface area contributed by atoms with E-state index in [9.17, 15) is 4.79 Å². The third kappa shape index (κ3) is 5.09. The van der Waals surface area contributed by atoms with Gasteiger partial charge in [-0.15, -0.1) is 0 Å². The molecule has 0 bridgehead atoms. The van der Waals surface area contributed by atoms with Crippen molar-refractivity contribution >= 4 is 5.91 Å². The molecule has 3 heteroatoms. The molecule has 1 amide bonds. The van der Waals surface area contributed by atoms with Crippen LogP contribution in [0.3, 0.4) is 0 Å². The smallest absolute Gasteiger partial charge is 0.261 e. The van der Waals surface area contributed by atoms with E-state index in [1.54, 1.807) is 6.92 Å². The molecular weight excluding hydrogens is 310 g/mol. The fraction of sp³-hybridized carbons (Fsp3) is 0.409. The average Bonchev–Trinajstić information content (AvgIpc) is 2.59. The fourth-order valence-electron chi connectivity index (χ4n) is 2.86. The number of ether oxygens (including phenoxy) is 1. The van der Waals surface area contributed by atoms with Crippen molar-refractivity contribution < 1.29 is 9.53 Å².